The molecule has 8 heteroatoms. The van der Waals surface area contributed by atoms with Crippen LogP contribution in [0.5, 0.6) is 5.75 Å². The molecule has 2 aliphatic rings. The summed E-state index contributed by atoms with van der Waals surface area (Å²) in [5.74, 6) is 0.925. The Hall–Kier alpha value is -0.530. The molecule has 5 nitrogen and oxygen atoms in total. The third-order valence-corrected chi connectivity index (χ3v) is 6.99. The van der Waals surface area contributed by atoms with Gasteiger partial charge in [-0.25, -0.2) is 8.42 Å². The van der Waals surface area contributed by atoms with E-state index in [1.165, 1.54) is 16.8 Å². The number of nitrogens with zero attached hydrogens (tertiary/aromatic N) is 1. The van der Waals surface area contributed by atoms with Crippen molar-refractivity contribution in [2.45, 2.75) is 43.0 Å². The number of ether oxygens (including phenoxy) is 1. The minimum absolute atomic E-state index is 0. The van der Waals surface area contributed by atoms with E-state index in [1.54, 1.807) is 12.1 Å². The van der Waals surface area contributed by atoms with E-state index < -0.39 is 10.0 Å². The monoisotopic (exact) mass is 394 g/mol. The normalized spacial score (nSPS) is 22.0. The van der Waals surface area contributed by atoms with Gasteiger partial charge < -0.3 is 10.5 Å². The van der Waals surface area contributed by atoms with Gasteiger partial charge in [0.2, 0.25) is 10.0 Å². The van der Waals surface area contributed by atoms with Gasteiger partial charge in [-0.3, -0.25) is 0 Å². The highest BCUT2D eigenvalue weighted by Gasteiger charge is 2.36. The predicted octanol–water partition coefficient (Wildman–Crippen LogP) is 3.05. The fourth-order valence-corrected chi connectivity index (χ4v) is 5.26. The molecule has 0 spiro atoms. The Morgan fingerprint density at radius 3 is 2.62 bits per heavy atom. The van der Waals surface area contributed by atoms with E-state index >= 15 is 0 Å². The number of nitrogens with two attached hydrogens (primary N) is 1. The van der Waals surface area contributed by atoms with Crippen molar-refractivity contribution in [1.29, 1.82) is 0 Å². The second-order valence-electron chi connectivity index (χ2n) is 6.35. The van der Waals surface area contributed by atoms with Crippen LogP contribution in [0.4, 0.5) is 0 Å². The molecule has 136 valence electrons. The van der Waals surface area contributed by atoms with Crippen molar-refractivity contribution < 1.29 is 13.2 Å². The van der Waals surface area contributed by atoms with Crippen LogP contribution >= 0.6 is 24.0 Å². The molecule has 1 heterocycles. The summed E-state index contributed by atoms with van der Waals surface area (Å²) in [5, 5.41) is 0.392. The van der Waals surface area contributed by atoms with Gasteiger partial charge >= 0.3 is 0 Å². The lowest BCUT2D eigenvalue weighted by Crippen LogP contribution is -2.40. The van der Waals surface area contributed by atoms with Crippen molar-refractivity contribution in [2.75, 3.05) is 19.7 Å². The highest BCUT2D eigenvalue weighted by atomic mass is 35.5. The van der Waals surface area contributed by atoms with E-state index in [0.29, 0.717) is 36.4 Å². The third-order valence-electron chi connectivity index (χ3n) is 4.79. The molecule has 24 heavy (non-hydrogen) atoms. The van der Waals surface area contributed by atoms with Gasteiger partial charge in [-0.2, -0.15) is 4.31 Å². The first kappa shape index (κ1) is 19.8. The first-order valence-corrected chi connectivity index (χ1v) is 9.98. The summed E-state index contributed by atoms with van der Waals surface area (Å²) in [7, 11) is -3.65. The summed E-state index contributed by atoms with van der Waals surface area (Å²) in [5.41, 5.74) is 5.73. The highest BCUT2D eigenvalue weighted by Crippen LogP contribution is 2.34. The van der Waals surface area contributed by atoms with E-state index in [1.807, 2.05) is 0 Å². The number of benzene rings is 1. The lowest BCUT2D eigenvalue weighted by molar-refractivity contribution is 0.177. The lowest BCUT2D eigenvalue weighted by atomic mass is 9.86. The van der Waals surface area contributed by atoms with Crippen LogP contribution in [0.3, 0.4) is 0 Å². The smallest absolute Gasteiger partial charge is 0.247 e. The first-order valence-electron chi connectivity index (χ1n) is 8.16. The lowest BCUT2D eigenvalue weighted by Gasteiger charge is -2.27. The molecule has 2 fully saturated rings. The van der Waals surface area contributed by atoms with E-state index in [9.17, 15) is 8.42 Å². The minimum atomic E-state index is -3.65. The van der Waals surface area contributed by atoms with Crippen LogP contribution in [-0.4, -0.2) is 38.5 Å². The molecule has 1 aliphatic carbocycles. The van der Waals surface area contributed by atoms with Crippen molar-refractivity contribution in [3.8, 4) is 5.75 Å². The van der Waals surface area contributed by atoms with Crippen LogP contribution in [0.1, 0.15) is 32.1 Å². The summed E-state index contributed by atoms with van der Waals surface area (Å²) in [6.07, 6.45) is 5.16. The molecular formula is C16H24Cl2N2O3S. The van der Waals surface area contributed by atoms with Gasteiger partial charge in [0.15, 0.2) is 0 Å². The Balaban J connectivity index is 0.00000208. The molecule has 1 saturated carbocycles. The number of hydrogen-bond donors (Lipinski definition) is 1. The Bertz CT molecular complexity index is 665. The molecule has 0 bridgehead atoms. The second-order valence-corrected chi connectivity index (χ2v) is 8.64. The highest BCUT2D eigenvalue weighted by molar-refractivity contribution is 7.89. The van der Waals surface area contributed by atoms with Crippen molar-refractivity contribution >= 4 is 34.0 Å². The van der Waals surface area contributed by atoms with Gasteiger partial charge in [0.25, 0.3) is 0 Å². The van der Waals surface area contributed by atoms with Gasteiger partial charge in [-0.1, -0.05) is 18.0 Å². The number of sulfonamides is 1. The SMILES string of the molecule is Cl.NCC1CCCN1S(=O)(=O)c1cc(Cl)ccc1OCC1CCC1. The average Bonchev–Trinajstić information content (AvgIpc) is 2.96. The first-order chi connectivity index (χ1) is 11.0. The van der Waals surface area contributed by atoms with Crippen LogP contribution in [0.25, 0.3) is 0 Å². The van der Waals surface area contributed by atoms with Gasteiger partial charge in [-0.05, 0) is 49.8 Å². The van der Waals surface area contributed by atoms with Crippen LogP contribution in [0, 0.1) is 5.92 Å². The molecule has 1 saturated heterocycles. The quantitative estimate of drug-likeness (QED) is 0.804. The number of rotatable bonds is 6. The van der Waals surface area contributed by atoms with Crippen LogP contribution in [-0.2, 0) is 10.0 Å². The Kier molecular flexibility index (Phi) is 6.79. The van der Waals surface area contributed by atoms with Gasteiger partial charge in [-0.15, -0.1) is 12.4 Å². The van der Waals surface area contributed by atoms with Gasteiger partial charge in [0.1, 0.15) is 10.6 Å². The summed E-state index contributed by atoms with van der Waals surface area (Å²) < 4.78 is 33.4. The molecule has 0 aromatic heterocycles. The molecular weight excluding hydrogens is 371 g/mol. The van der Waals surface area contributed by atoms with Crippen molar-refractivity contribution in [3.05, 3.63) is 23.2 Å². The summed E-state index contributed by atoms with van der Waals surface area (Å²) in [4.78, 5) is 0.157. The number of halogens is 2. The maximum atomic E-state index is 13.0. The molecule has 2 N–H and O–H groups in total. The average molecular weight is 395 g/mol. The summed E-state index contributed by atoms with van der Waals surface area (Å²) >= 11 is 6.04. The predicted molar refractivity (Wildman–Crippen MR) is 97.5 cm³/mol. The van der Waals surface area contributed by atoms with E-state index in [2.05, 4.69) is 0 Å². The molecule has 1 atom stereocenters. The summed E-state index contributed by atoms with van der Waals surface area (Å²) in [6, 6.07) is 4.67. The standard InChI is InChI=1S/C16H23ClN2O3S.ClH/c17-13-6-7-15(22-11-12-3-1-4-12)16(9-13)23(20,21)19-8-2-5-14(19)10-18;/h6-7,9,12,14H,1-5,8,10-11,18H2;1H. The molecule has 1 unspecified atom stereocenters. The third kappa shape index (κ3) is 3.99. The topological polar surface area (TPSA) is 72.6 Å². The van der Waals surface area contributed by atoms with Crippen molar-refractivity contribution in [2.24, 2.45) is 11.7 Å². The van der Waals surface area contributed by atoms with Crippen LogP contribution < -0.4 is 10.5 Å². The maximum absolute atomic E-state index is 13.0. The maximum Gasteiger partial charge on any atom is 0.247 e. The van der Waals surface area contributed by atoms with Crippen molar-refractivity contribution in [1.82, 2.24) is 4.31 Å². The van der Waals surface area contributed by atoms with Crippen molar-refractivity contribution in [3.63, 3.8) is 0 Å². The van der Waals surface area contributed by atoms with Crippen LogP contribution in [0.2, 0.25) is 5.02 Å². The Morgan fingerprint density at radius 1 is 1.25 bits per heavy atom. The second kappa shape index (κ2) is 8.23. The fraction of sp³-hybridized carbons (Fsp3) is 0.625. The van der Waals surface area contributed by atoms with Gasteiger partial charge in [0, 0.05) is 24.2 Å². The molecule has 0 radical (unpaired) electrons. The minimum Gasteiger partial charge on any atom is -0.492 e. The molecule has 1 aromatic rings. The van der Waals surface area contributed by atoms with E-state index in [4.69, 9.17) is 22.1 Å². The Morgan fingerprint density at radius 2 is 2.00 bits per heavy atom. The molecule has 1 aromatic carbocycles. The zero-order valence-electron chi connectivity index (χ0n) is 13.5. The van der Waals surface area contributed by atoms with E-state index in [0.717, 1.165) is 25.7 Å². The van der Waals surface area contributed by atoms with E-state index in [-0.39, 0.29) is 23.3 Å². The largest absolute Gasteiger partial charge is 0.492 e. The zero-order chi connectivity index (χ0) is 16.4. The molecule has 3 rings (SSSR count). The Labute approximate surface area is 154 Å². The van der Waals surface area contributed by atoms with Crippen LogP contribution in [0.15, 0.2) is 23.1 Å². The number of hydrogen-bond acceptors (Lipinski definition) is 4. The zero-order valence-corrected chi connectivity index (χ0v) is 15.9. The fourth-order valence-electron chi connectivity index (χ4n) is 3.16. The van der Waals surface area contributed by atoms with Gasteiger partial charge in [0.05, 0.1) is 6.61 Å². The summed E-state index contributed by atoms with van der Waals surface area (Å²) in [6.45, 7) is 1.39. The molecule has 1 aliphatic heterocycles. The molecule has 0 amide bonds.